The van der Waals surface area contributed by atoms with Crippen molar-refractivity contribution in [3.05, 3.63) is 76.9 Å². The molecule has 0 saturated carbocycles. The zero-order valence-electron chi connectivity index (χ0n) is 14.7. The third-order valence-corrected chi connectivity index (χ3v) is 3.96. The molecule has 3 aromatic rings. The minimum Gasteiger partial charge on any atom is -0.429 e. The second-order valence-corrected chi connectivity index (χ2v) is 6.16. The minimum absolute atomic E-state index is 0.172. The molecule has 0 heterocycles. The number of rotatable bonds is 3. The van der Waals surface area contributed by atoms with Gasteiger partial charge in [-0.25, -0.2) is 8.78 Å². The highest BCUT2D eigenvalue weighted by Crippen LogP contribution is 2.34. The topological polar surface area (TPSA) is 9.23 Å². The lowest BCUT2D eigenvalue weighted by Crippen LogP contribution is -2.21. The number of alkyl halides is 5. The van der Waals surface area contributed by atoms with Crippen LogP contribution in [0.4, 0.5) is 30.7 Å². The van der Waals surface area contributed by atoms with Crippen molar-refractivity contribution in [2.24, 2.45) is 0 Å². The first-order valence-corrected chi connectivity index (χ1v) is 8.12. The molecule has 29 heavy (non-hydrogen) atoms. The molecule has 0 radical (unpaired) electrons. The SMILES string of the molecule is Cc1ccc(C(F)(F)Oc2ccc3c(F)c(C#CC(F)(F)F)c(F)cc3c2)cc1. The fourth-order valence-corrected chi connectivity index (χ4v) is 2.57. The van der Waals surface area contributed by atoms with Crippen molar-refractivity contribution in [1.29, 1.82) is 0 Å². The molecule has 0 aromatic heterocycles. The van der Waals surface area contributed by atoms with E-state index in [1.807, 2.05) is 0 Å². The van der Waals surface area contributed by atoms with Gasteiger partial charge in [-0.05, 0) is 48.7 Å². The summed E-state index contributed by atoms with van der Waals surface area (Å²) in [5, 5.41) is -0.460. The summed E-state index contributed by atoms with van der Waals surface area (Å²) in [5.74, 6) is -0.846. The summed E-state index contributed by atoms with van der Waals surface area (Å²) in [6.07, 6.45) is -8.64. The molecule has 0 N–H and O–H groups in total. The van der Waals surface area contributed by atoms with Crippen LogP contribution >= 0.6 is 0 Å². The van der Waals surface area contributed by atoms with E-state index < -0.39 is 35.0 Å². The number of halogens is 7. The number of ether oxygens (including phenoxy) is 1. The van der Waals surface area contributed by atoms with Gasteiger partial charge in [-0.15, -0.1) is 0 Å². The quantitative estimate of drug-likeness (QED) is 0.354. The normalized spacial score (nSPS) is 11.9. The Labute approximate surface area is 160 Å². The summed E-state index contributed by atoms with van der Waals surface area (Å²) >= 11 is 0. The van der Waals surface area contributed by atoms with Crippen LogP contribution in [0.25, 0.3) is 10.8 Å². The molecular formula is C21H11F7O. The van der Waals surface area contributed by atoms with Gasteiger partial charge in [-0.3, -0.25) is 0 Å². The Bertz CT molecular complexity index is 1120. The predicted octanol–water partition coefficient (Wildman–Crippen LogP) is 6.47. The van der Waals surface area contributed by atoms with Gasteiger partial charge in [0.2, 0.25) is 0 Å². The molecule has 150 valence electrons. The second kappa shape index (κ2) is 7.32. The molecule has 0 aliphatic heterocycles. The van der Waals surface area contributed by atoms with Crippen LogP contribution in [0.15, 0.2) is 48.5 Å². The molecule has 0 fully saturated rings. The molecule has 8 heteroatoms. The van der Waals surface area contributed by atoms with Gasteiger partial charge in [0, 0.05) is 11.3 Å². The number of fused-ring (bicyclic) bond motifs is 1. The average molecular weight is 412 g/mol. The van der Waals surface area contributed by atoms with Gasteiger partial charge in [0.25, 0.3) is 0 Å². The van der Waals surface area contributed by atoms with Crippen LogP contribution < -0.4 is 4.74 Å². The monoisotopic (exact) mass is 412 g/mol. The molecule has 0 bridgehead atoms. The first-order chi connectivity index (χ1) is 13.5. The zero-order chi connectivity index (χ0) is 21.4. The highest BCUT2D eigenvalue weighted by Gasteiger charge is 2.34. The Kier molecular flexibility index (Phi) is 5.18. The second-order valence-electron chi connectivity index (χ2n) is 6.16. The number of hydrogen-bond donors (Lipinski definition) is 0. The van der Waals surface area contributed by atoms with Crippen molar-refractivity contribution in [3.8, 4) is 17.6 Å². The van der Waals surface area contributed by atoms with Crippen LogP contribution in [-0.4, -0.2) is 6.18 Å². The standard InChI is InChI=1S/C21H11F7O/c1-12-2-4-14(5-3-12)21(27,28)29-15-6-7-16-13(10-15)11-18(22)17(19(16)23)8-9-20(24,25)26/h2-7,10-11H,1H3. The highest BCUT2D eigenvalue weighted by molar-refractivity contribution is 5.86. The Hall–Kier alpha value is -3.21. The van der Waals surface area contributed by atoms with Crippen LogP contribution in [0.3, 0.4) is 0 Å². The van der Waals surface area contributed by atoms with Gasteiger partial charge < -0.3 is 4.74 Å². The van der Waals surface area contributed by atoms with Crippen LogP contribution in [0.5, 0.6) is 5.75 Å². The fourth-order valence-electron chi connectivity index (χ4n) is 2.57. The van der Waals surface area contributed by atoms with E-state index in [0.717, 1.165) is 29.7 Å². The van der Waals surface area contributed by atoms with Gasteiger partial charge in [0.05, 0.1) is 11.1 Å². The summed E-state index contributed by atoms with van der Waals surface area (Å²) in [5.41, 5.74) is -0.711. The molecule has 3 aromatic carbocycles. The largest absolute Gasteiger partial charge is 0.458 e. The number of benzene rings is 3. The Balaban J connectivity index is 1.98. The van der Waals surface area contributed by atoms with E-state index in [4.69, 9.17) is 0 Å². The third-order valence-electron chi connectivity index (χ3n) is 3.96. The molecular weight excluding hydrogens is 401 g/mol. The van der Waals surface area contributed by atoms with Crippen LogP contribution in [0.2, 0.25) is 0 Å². The average Bonchev–Trinajstić information content (AvgIpc) is 2.60. The smallest absolute Gasteiger partial charge is 0.429 e. The number of aryl methyl sites for hydroxylation is 1. The lowest BCUT2D eigenvalue weighted by Gasteiger charge is -2.19. The summed E-state index contributed by atoms with van der Waals surface area (Å²) in [6, 6.07) is 8.99. The van der Waals surface area contributed by atoms with Gasteiger partial charge >= 0.3 is 12.3 Å². The summed E-state index contributed by atoms with van der Waals surface area (Å²) < 4.78 is 98.3. The molecule has 3 rings (SSSR count). The maximum Gasteiger partial charge on any atom is 0.458 e. The predicted molar refractivity (Wildman–Crippen MR) is 92.5 cm³/mol. The molecule has 0 unspecified atom stereocenters. The molecule has 0 amide bonds. The number of hydrogen-bond acceptors (Lipinski definition) is 1. The van der Waals surface area contributed by atoms with E-state index in [9.17, 15) is 30.7 Å². The first-order valence-electron chi connectivity index (χ1n) is 8.12. The summed E-state index contributed by atoms with van der Waals surface area (Å²) in [4.78, 5) is 0. The van der Waals surface area contributed by atoms with Crippen molar-refractivity contribution in [3.63, 3.8) is 0 Å². The van der Waals surface area contributed by atoms with Crippen molar-refractivity contribution in [2.75, 3.05) is 0 Å². The maximum absolute atomic E-state index is 14.4. The van der Waals surface area contributed by atoms with E-state index >= 15 is 0 Å². The van der Waals surface area contributed by atoms with Crippen LogP contribution in [0.1, 0.15) is 16.7 Å². The first kappa shape index (κ1) is 20.5. The van der Waals surface area contributed by atoms with Crippen LogP contribution in [-0.2, 0) is 6.11 Å². The lowest BCUT2D eigenvalue weighted by molar-refractivity contribution is -0.185. The third kappa shape index (κ3) is 4.62. The Morgan fingerprint density at radius 2 is 1.52 bits per heavy atom. The fraction of sp³-hybridized carbons (Fsp3) is 0.143. The highest BCUT2D eigenvalue weighted by atomic mass is 19.4. The van der Waals surface area contributed by atoms with Gasteiger partial charge in [-0.2, -0.15) is 22.0 Å². The molecule has 0 atom stereocenters. The van der Waals surface area contributed by atoms with Crippen LogP contribution in [0, 0.1) is 30.4 Å². The van der Waals surface area contributed by atoms with E-state index in [-0.39, 0.29) is 16.5 Å². The summed E-state index contributed by atoms with van der Waals surface area (Å²) in [7, 11) is 0. The van der Waals surface area contributed by atoms with Gasteiger partial charge in [-0.1, -0.05) is 23.6 Å². The minimum atomic E-state index is -4.92. The summed E-state index contributed by atoms with van der Waals surface area (Å²) in [6.45, 7) is 1.72. The molecule has 0 aliphatic carbocycles. The van der Waals surface area contributed by atoms with Crippen molar-refractivity contribution >= 4 is 10.8 Å². The zero-order valence-corrected chi connectivity index (χ0v) is 14.7. The Morgan fingerprint density at radius 3 is 2.14 bits per heavy atom. The van der Waals surface area contributed by atoms with Crippen molar-refractivity contribution < 1.29 is 35.5 Å². The van der Waals surface area contributed by atoms with Crippen molar-refractivity contribution in [2.45, 2.75) is 19.2 Å². The van der Waals surface area contributed by atoms with E-state index in [1.54, 1.807) is 6.92 Å². The molecule has 0 saturated heterocycles. The van der Waals surface area contributed by atoms with E-state index in [2.05, 4.69) is 4.74 Å². The van der Waals surface area contributed by atoms with Gasteiger partial charge in [0.15, 0.2) is 0 Å². The Morgan fingerprint density at radius 1 is 0.862 bits per heavy atom. The van der Waals surface area contributed by atoms with Crippen molar-refractivity contribution in [1.82, 2.24) is 0 Å². The van der Waals surface area contributed by atoms with E-state index in [0.29, 0.717) is 6.07 Å². The maximum atomic E-state index is 14.4. The molecule has 0 aliphatic rings. The van der Waals surface area contributed by atoms with Gasteiger partial charge in [0.1, 0.15) is 17.4 Å². The molecule has 1 nitrogen and oxygen atoms in total. The van der Waals surface area contributed by atoms with E-state index in [1.165, 1.54) is 30.2 Å². The molecule has 0 spiro atoms. The lowest BCUT2D eigenvalue weighted by atomic mass is 10.0.